The lowest BCUT2D eigenvalue weighted by Gasteiger charge is -2.07. The fraction of sp³-hybridized carbons (Fsp3) is 0.100. The van der Waals surface area contributed by atoms with Crippen molar-refractivity contribution in [2.45, 2.75) is 11.1 Å². The van der Waals surface area contributed by atoms with Crippen molar-refractivity contribution >= 4 is 48.8 Å². The molecule has 3 aromatic rings. The molecule has 0 bridgehead atoms. The first-order chi connectivity index (χ1) is 9.88. The summed E-state index contributed by atoms with van der Waals surface area (Å²) < 4.78 is 28.7. The second kappa shape index (κ2) is 4.93. The zero-order valence-electron chi connectivity index (χ0n) is 10.5. The van der Waals surface area contributed by atoms with E-state index in [-0.39, 0.29) is 21.4 Å². The van der Waals surface area contributed by atoms with E-state index >= 15 is 0 Å². The van der Waals surface area contributed by atoms with Crippen molar-refractivity contribution in [3.05, 3.63) is 38.3 Å². The first kappa shape index (κ1) is 14.2. The van der Waals surface area contributed by atoms with E-state index in [2.05, 4.69) is 35.7 Å². The third-order valence-electron chi connectivity index (χ3n) is 2.66. The van der Waals surface area contributed by atoms with E-state index < -0.39 is 15.6 Å². The molecule has 3 rings (SSSR count). The van der Waals surface area contributed by atoms with Gasteiger partial charge in [-0.15, -0.1) is 11.3 Å². The van der Waals surface area contributed by atoms with Gasteiger partial charge in [-0.1, -0.05) is 0 Å². The standard InChI is InChI=1S/C10H8BrN5O3S2/c1-5-8(9(17)16-10(14-5)12-4-13-16)15-21(18,19)7-3-2-6(11)20-7/h2-4,15H,1H3,(H,12,13,14). The van der Waals surface area contributed by atoms with Crippen LogP contribution in [0.1, 0.15) is 5.69 Å². The largest absolute Gasteiger partial charge is 0.298 e. The highest BCUT2D eigenvalue weighted by molar-refractivity contribution is 9.11. The summed E-state index contributed by atoms with van der Waals surface area (Å²) in [5.41, 5.74) is -0.415. The predicted octanol–water partition coefficient (Wildman–Crippen LogP) is 1.35. The Balaban J connectivity index is 2.12. The van der Waals surface area contributed by atoms with E-state index in [1.54, 1.807) is 6.07 Å². The van der Waals surface area contributed by atoms with Crippen molar-refractivity contribution in [3.63, 3.8) is 0 Å². The van der Waals surface area contributed by atoms with Crippen LogP contribution in [0.2, 0.25) is 0 Å². The summed E-state index contributed by atoms with van der Waals surface area (Å²) in [6.45, 7) is 1.54. The minimum atomic E-state index is -3.84. The molecule has 21 heavy (non-hydrogen) atoms. The Morgan fingerprint density at radius 1 is 1.43 bits per heavy atom. The Hall–Kier alpha value is -1.72. The summed E-state index contributed by atoms with van der Waals surface area (Å²) in [5, 5.41) is 2.58. The van der Waals surface area contributed by atoms with Crippen LogP contribution in [0.25, 0.3) is 5.78 Å². The molecule has 0 aliphatic carbocycles. The number of aryl methyl sites for hydroxylation is 1. The number of hydrogen-bond donors (Lipinski definition) is 2. The van der Waals surface area contributed by atoms with E-state index in [1.165, 1.54) is 19.3 Å². The smallest absolute Gasteiger partial charge is 0.278 e. The van der Waals surface area contributed by atoms with Crippen molar-refractivity contribution in [1.29, 1.82) is 0 Å². The molecule has 0 atom stereocenters. The highest BCUT2D eigenvalue weighted by Crippen LogP contribution is 2.27. The molecule has 0 spiro atoms. The number of H-pyrrole nitrogens is 1. The lowest BCUT2D eigenvalue weighted by Crippen LogP contribution is -2.25. The van der Waals surface area contributed by atoms with Gasteiger partial charge < -0.3 is 0 Å². The first-order valence-corrected chi connectivity index (χ1v) is 8.68. The third kappa shape index (κ3) is 2.47. The molecule has 11 heteroatoms. The number of sulfonamides is 1. The zero-order chi connectivity index (χ0) is 15.2. The van der Waals surface area contributed by atoms with Crippen LogP contribution in [0.5, 0.6) is 0 Å². The van der Waals surface area contributed by atoms with Crippen LogP contribution in [0, 0.1) is 6.92 Å². The van der Waals surface area contributed by atoms with Gasteiger partial charge in [-0.3, -0.25) is 14.6 Å². The maximum absolute atomic E-state index is 12.3. The van der Waals surface area contributed by atoms with Gasteiger partial charge in [-0.25, -0.2) is 18.4 Å². The van der Waals surface area contributed by atoms with Crippen molar-refractivity contribution in [1.82, 2.24) is 19.6 Å². The van der Waals surface area contributed by atoms with Crippen molar-refractivity contribution < 1.29 is 8.42 Å². The van der Waals surface area contributed by atoms with Crippen LogP contribution in [0.4, 0.5) is 5.69 Å². The molecule has 0 aliphatic rings. The molecule has 0 unspecified atom stereocenters. The quantitative estimate of drug-likeness (QED) is 0.702. The Kier molecular flexibility index (Phi) is 3.34. The maximum Gasteiger partial charge on any atom is 0.298 e. The molecule has 0 saturated heterocycles. The second-order valence-electron chi connectivity index (χ2n) is 4.06. The Morgan fingerprint density at radius 2 is 2.19 bits per heavy atom. The molecule has 0 amide bonds. The Labute approximate surface area is 131 Å². The molecule has 0 saturated carbocycles. The zero-order valence-corrected chi connectivity index (χ0v) is 13.7. The van der Waals surface area contributed by atoms with E-state index in [1.807, 2.05) is 0 Å². The van der Waals surface area contributed by atoms with E-state index in [4.69, 9.17) is 0 Å². The normalized spacial score (nSPS) is 11.9. The third-order valence-corrected chi connectivity index (χ3v) is 6.13. The Bertz CT molecular complexity index is 988. The van der Waals surface area contributed by atoms with E-state index in [0.29, 0.717) is 3.79 Å². The lowest BCUT2D eigenvalue weighted by atomic mass is 10.4. The van der Waals surface area contributed by atoms with Gasteiger partial charge in [0.2, 0.25) is 0 Å². The van der Waals surface area contributed by atoms with Gasteiger partial charge in [0.1, 0.15) is 16.2 Å². The summed E-state index contributed by atoms with van der Waals surface area (Å²) in [7, 11) is -3.84. The Morgan fingerprint density at radius 3 is 2.86 bits per heavy atom. The summed E-state index contributed by atoms with van der Waals surface area (Å²) >= 11 is 4.25. The topological polar surface area (TPSA) is 109 Å². The van der Waals surface area contributed by atoms with Crippen molar-refractivity contribution in [2.75, 3.05) is 4.72 Å². The molecular weight excluding hydrogens is 382 g/mol. The SMILES string of the molecule is Cc1nc2nc[nH]n2c(=O)c1NS(=O)(=O)c1ccc(Br)s1. The van der Waals surface area contributed by atoms with Gasteiger partial charge in [0, 0.05) is 0 Å². The van der Waals surface area contributed by atoms with Crippen LogP contribution in [-0.4, -0.2) is 28.0 Å². The number of nitrogens with one attached hydrogen (secondary N) is 2. The molecule has 8 nitrogen and oxygen atoms in total. The van der Waals surface area contributed by atoms with Crippen molar-refractivity contribution in [2.24, 2.45) is 0 Å². The molecule has 0 radical (unpaired) electrons. The van der Waals surface area contributed by atoms with Gasteiger partial charge in [0.25, 0.3) is 21.4 Å². The predicted molar refractivity (Wildman–Crippen MR) is 81.2 cm³/mol. The second-order valence-corrected chi connectivity index (χ2v) is 8.44. The van der Waals surface area contributed by atoms with Crippen LogP contribution in [0.3, 0.4) is 0 Å². The molecule has 3 aromatic heterocycles. The number of aromatic amines is 1. The van der Waals surface area contributed by atoms with Crippen LogP contribution in [-0.2, 0) is 10.0 Å². The van der Waals surface area contributed by atoms with Crippen LogP contribution < -0.4 is 10.3 Å². The molecule has 0 fully saturated rings. The highest BCUT2D eigenvalue weighted by atomic mass is 79.9. The van der Waals surface area contributed by atoms with E-state index in [0.717, 1.165) is 15.9 Å². The molecule has 2 N–H and O–H groups in total. The van der Waals surface area contributed by atoms with E-state index in [9.17, 15) is 13.2 Å². The molecule has 3 heterocycles. The number of aromatic nitrogens is 4. The summed E-state index contributed by atoms with van der Waals surface area (Å²) in [5.74, 6) is 0.180. The maximum atomic E-state index is 12.3. The summed E-state index contributed by atoms with van der Waals surface area (Å²) in [6.07, 6.45) is 1.30. The summed E-state index contributed by atoms with van der Waals surface area (Å²) in [6, 6.07) is 3.07. The summed E-state index contributed by atoms with van der Waals surface area (Å²) in [4.78, 5) is 20.2. The van der Waals surface area contributed by atoms with Gasteiger partial charge in [0.15, 0.2) is 0 Å². The van der Waals surface area contributed by atoms with Gasteiger partial charge in [0.05, 0.1) is 9.48 Å². The number of halogens is 1. The number of anilines is 1. The fourth-order valence-electron chi connectivity index (χ4n) is 1.70. The van der Waals surface area contributed by atoms with Gasteiger partial charge in [-0.05, 0) is 35.0 Å². The lowest BCUT2D eigenvalue weighted by molar-refractivity contribution is 0.603. The fourth-order valence-corrected chi connectivity index (χ4v) is 4.83. The average Bonchev–Trinajstić information content (AvgIpc) is 3.03. The van der Waals surface area contributed by atoms with Crippen molar-refractivity contribution in [3.8, 4) is 0 Å². The highest BCUT2D eigenvalue weighted by Gasteiger charge is 2.21. The monoisotopic (exact) mass is 389 g/mol. The molecule has 110 valence electrons. The number of rotatable bonds is 3. The molecule has 0 aromatic carbocycles. The number of fused-ring (bicyclic) bond motifs is 1. The van der Waals surface area contributed by atoms with Gasteiger partial charge in [-0.2, -0.15) is 4.52 Å². The number of nitrogens with zero attached hydrogens (tertiary/aromatic N) is 3. The minimum absolute atomic E-state index is 0.0999. The minimum Gasteiger partial charge on any atom is -0.278 e. The molecule has 0 aliphatic heterocycles. The first-order valence-electron chi connectivity index (χ1n) is 5.59. The molecular formula is C10H8BrN5O3S2. The number of thiophene rings is 1. The van der Waals surface area contributed by atoms with Crippen LogP contribution >= 0.6 is 27.3 Å². The van der Waals surface area contributed by atoms with Crippen LogP contribution in [0.15, 0.2) is 31.3 Å². The van der Waals surface area contributed by atoms with Gasteiger partial charge >= 0.3 is 0 Å². The average molecular weight is 390 g/mol. The number of hydrogen-bond acceptors (Lipinski definition) is 6.